The van der Waals surface area contributed by atoms with Gasteiger partial charge in [0.2, 0.25) is 0 Å². The van der Waals surface area contributed by atoms with E-state index in [4.69, 9.17) is 0 Å². The molecule has 1 aromatic heterocycles. The fraction of sp³-hybridized carbons (Fsp3) is 0.562. The molecule has 2 heteroatoms. The van der Waals surface area contributed by atoms with Crippen molar-refractivity contribution >= 4 is 0 Å². The zero-order chi connectivity index (χ0) is 12.8. The summed E-state index contributed by atoms with van der Waals surface area (Å²) in [7, 11) is 0. The first-order valence-electron chi connectivity index (χ1n) is 7.16. The third-order valence-corrected chi connectivity index (χ3v) is 3.61. The van der Waals surface area contributed by atoms with E-state index in [1.165, 1.54) is 37.7 Å². The quantitative estimate of drug-likeness (QED) is 0.812. The minimum Gasteiger partial charge on any atom is -0.307 e. The summed E-state index contributed by atoms with van der Waals surface area (Å²) in [5.74, 6) is 0. The molecular formula is C16H24N2. The Hall–Kier alpha value is -1.15. The van der Waals surface area contributed by atoms with Crippen LogP contribution < -0.4 is 5.32 Å². The first-order valence-corrected chi connectivity index (χ1v) is 7.16. The summed E-state index contributed by atoms with van der Waals surface area (Å²) in [5, 5.41) is 3.63. The van der Waals surface area contributed by atoms with E-state index in [0.29, 0.717) is 6.04 Å². The molecule has 1 aromatic rings. The summed E-state index contributed by atoms with van der Waals surface area (Å²) in [4.78, 5) is 4.30. The van der Waals surface area contributed by atoms with E-state index in [9.17, 15) is 0 Å². The van der Waals surface area contributed by atoms with Crippen LogP contribution in [0.2, 0.25) is 0 Å². The van der Waals surface area contributed by atoms with Crippen LogP contribution in [0.4, 0.5) is 0 Å². The Morgan fingerprint density at radius 2 is 2.22 bits per heavy atom. The van der Waals surface area contributed by atoms with Crippen molar-refractivity contribution in [2.24, 2.45) is 0 Å². The second-order valence-corrected chi connectivity index (χ2v) is 5.10. The molecule has 2 nitrogen and oxygen atoms in total. The molecule has 1 atom stereocenters. The minimum atomic E-state index is 0.384. The molecule has 0 bridgehead atoms. The Morgan fingerprint density at radius 3 is 3.00 bits per heavy atom. The molecule has 98 valence electrons. The van der Waals surface area contributed by atoms with Crippen molar-refractivity contribution in [1.29, 1.82) is 0 Å². The van der Waals surface area contributed by atoms with Crippen LogP contribution in [0.25, 0.3) is 0 Å². The molecule has 1 aliphatic carbocycles. The highest BCUT2D eigenvalue weighted by atomic mass is 14.9. The van der Waals surface area contributed by atoms with Gasteiger partial charge < -0.3 is 5.32 Å². The van der Waals surface area contributed by atoms with Gasteiger partial charge in [-0.25, -0.2) is 0 Å². The highest BCUT2D eigenvalue weighted by Gasteiger charge is 2.16. The maximum Gasteiger partial charge on any atom is 0.0537 e. The van der Waals surface area contributed by atoms with Gasteiger partial charge in [-0.1, -0.05) is 25.0 Å². The third-order valence-electron chi connectivity index (χ3n) is 3.61. The lowest BCUT2D eigenvalue weighted by Gasteiger charge is -2.22. The van der Waals surface area contributed by atoms with Crippen LogP contribution in [-0.2, 0) is 0 Å². The van der Waals surface area contributed by atoms with Crippen LogP contribution in [0.3, 0.4) is 0 Å². The predicted octanol–water partition coefficient (Wildman–Crippen LogP) is 3.93. The third kappa shape index (κ3) is 3.42. The van der Waals surface area contributed by atoms with Crippen LogP contribution in [-0.4, -0.2) is 11.5 Å². The molecule has 2 rings (SSSR count). The number of likely N-dealkylation sites (N-methyl/N-ethyl adjacent to an activating group) is 1. The molecule has 1 N–H and O–H groups in total. The van der Waals surface area contributed by atoms with Crippen LogP contribution in [0, 0.1) is 6.92 Å². The van der Waals surface area contributed by atoms with Gasteiger partial charge in [0.05, 0.1) is 6.04 Å². The fourth-order valence-corrected chi connectivity index (χ4v) is 2.72. The van der Waals surface area contributed by atoms with E-state index in [1.54, 1.807) is 5.57 Å². The van der Waals surface area contributed by atoms with Gasteiger partial charge >= 0.3 is 0 Å². The number of hydrogen-bond donors (Lipinski definition) is 1. The number of nitrogens with one attached hydrogen (secondary N) is 1. The van der Waals surface area contributed by atoms with Crippen LogP contribution in [0.15, 0.2) is 30.0 Å². The van der Waals surface area contributed by atoms with Gasteiger partial charge in [0.25, 0.3) is 0 Å². The van der Waals surface area contributed by atoms with Crippen LogP contribution in [0.1, 0.15) is 56.3 Å². The van der Waals surface area contributed by atoms with Gasteiger partial charge in [-0.2, -0.15) is 0 Å². The van der Waals surface area contributed by atoms with Crippen molar-refractivity contribution in [3.63, 3.8) is 0 Å². The fourth-order valence-electron chi connectivity index (χ4n) is 2.72. The normalized spacial score (nSPS) is 18.0. The molecule has 1 unspecified atom stereocenters. The summed E-state index contributed by atoms with van der Waals surface area (Å²) in [6.07, 6.45) is 10.9. The van der Waals surface area contributed by atoms with E-state index in [2.05, 4.69) is 42.4 Å². The smallest absolute Gasteiger partial charge is 0.0537 e. The maximum absolute atomic E-state index is 4.30. The van der Waals surface area contributed by atoms with Crippen molar-refractivity contribution in [1.82, 2.24) is 10.3 Å². The average molecular weight is 244 g/mol. The largest absolute Gasteiger partial charge is 0.307 e. The number of hydrogen-bond acceptors (Lipinski definition) is 2. The van der Waals surface area contributed by atoms with Crippen LogP contribution >= 0.6 is 0 Å². The standard InChI is InChI=1S/C16H24N2/c1-3-17-16(14-8-6-4-5-7-9-14)15-10-11-18-13(2)12-15/h8,10-12,16-17H,3-7,9H2,1-2H3. The van der Waals surface area contributed by atoms with Gasteiger partial charge in [-0.05, 0) is 56.8 Å². The predicted molar refractivity (Wildman–Crippen MR) is 76.6 cm³/mol. The molecule has 0 saturated carbocycles. The first kappa shape index (κ1) is 13.3. The zero-order valence-corrected chi connectivity index (χ0v) is 11.6. The first-order chi connectivity index (χ1) is 8.81. The van der Waals surface area contributed by atoms with Gasteiger partial charge in [-0.3, -0.25) is 4.98 Å². The molecule has 0 amide bonds. The van der Waals surface area contributed by atoms with Gasteiger partial charge in [0, 0.05) is 11.9 Å². The molecule has 1 aliphatic rings. The average Bonchev–Trinajstić information content (AvgIpc) is 2.64. The van der Waals surface area contributed by atoms with Crippen molar-refractivity contribution < 1.29 is 0 Å². The lowest BCUT2D eigenvalue weighted by Crippen LogP contribution is -2.23. The molecule has 1 heterocycles. The molecule has 18 heavy (non-hydrogen) atoms. The SMILES string of the molecule is CCNC(C1=CCCCCC1)c1ccnc(C)c1. The number of nitrogens with zero attached hydrogens (tertiary/aromatic N) is 1. The minimum absolute atomic E-state index is 0.384. The molecule has 0 saturated heterocycles. The summed E-state index contributed by atoms with van der Waals surface area (Å²) in [6, 6.07) is 4.74. The lowest BCUT2D eigenvalue weighted by molar-refractivity contribution is 0.588. The maximum atomic E-state index is 4.30. The number of pyridine rings is 1. The zero-order valence-electron chi connectivity index (χ0n) is 11.6. The summed E-state index contributed by atoms with van der Waals surface area (Å²) < 4.78 is 0. The van der Waals surface area contributed by atoms with E-state index in [1.807, 2.05) is 6.20 Å². The van der Waals surface area contributed by atoms with E-state index < -0.39 is 0 Å². The molecule has 0 spiro atoms. The van der Waals surface area contributed by atoms with Gasteiger partial charge in [0.15, 0.2) is 0 Å². The number of aromatic nitrogens is 1. The summed E-state index contributed by atoms with van der Waals surface area (Å²) >= 11 is 0. The Balaban J connectivity index is 2.24. The van der Waals surface area contributed by atoms with E-state index in [-0.39, 0.29) is 0 Å². The monoisotopic (exact) mass is 244 g/mol. The van der Waals surface area contributed by atoms with E-state index >= 15 is 0 Å². The lowest BCUT2D eigenvalue weighted by atomic mass is 9.95. The second kappa shape index (κ2) is 6.69. The van der Waals surface area contributed by atoms with Crippen LogP contribution in [0.5, 0.6) is 0 Å². The highest BCUT2D eigenvalue weighted by molar-refractivity contribution is 5.29. The molecule has 0 aromatic carbocycles. The Labute approximate surface area is 111 Å². The topological polar surface area (TPSA) is 24.9 Å². The molecular weight excluding hydrogens is 220 g/mol. The number of rotatable bonds is 4. The second-order valence-electron chi connectivity index (χ2n) is 5.10. The van der Waals surface area contributed by atoms with Crippen molar-refractivity contribution in [3.05, 3.63) is 41.2 Å². The molecule has 0 radical (unpaired) electrons. The van der Waals surface area contributed by atoms with Crippen molar-refractivity contribution in [2.75, 3.05) is 6.54 Å². The Morgan fingerprint density at radius 1 is 1.33 bits per heavy atom. The summed E-state index contributed by atoms with van der Waals surface area (Å²) in [6.45, 7) is 5.25. The number of aryl methyl sites for hydroxylation is 1. The Kier molecular flexibility index (Phi) is 4.94. The van der Waals surface area contributed by atoms with Crippen molar-refractivity contribution in [3.8, 4) is 0 Å². The van der Waals surface area contributed by atoms with Gasteiger partial charge in [0.1, 0.15) is 0 Å². The summed E-state index contributed by atoms with van der Waals surface area (Å²) in [5.41, 5.74) is 4.03. The molecule has 0 fully saturated rings. The highest BCUT2D eigenvalue weighted by Crippen LogP contribution is 2.29. The molecule has 0 aliphatic heterocycles. The van der Waals surface area contributed by atoms with Crippen molar-refractivity contribution in [2.45, 2.75) is 52.0 Å². The Bertz CT molecular complexity index is 409. The van der Waals surface area contributed by atoms with E-state index in [0.717, 1.165) is 12.2 Å². The van der Waals surface area contributed by atoms with Gasteiger partial charge in [-0.15, -0.1) is 0 Å². The number of allylic oxidation sites excluding steroid dienone is 1.